The third-order valence-corrected chi connectivity index (χ3v) is 5.97. The van der Waals surface area contributed by atoms with Crippen LogP contribution in [-0.2, 0) is 14.3 Å². The molecule has 0 bridgehead atoms. The lowest BCUT2D eigenvalue weighted by Crippen LogP contribution is -2.51. The van der Waals surface area contributed by atoms with Crippen molar-refractivity contribution in [2.24, 2.45) is 0 Å². The minimum absolute atomic E-state index is 0.0814. The number of likely N-dealkylation sites (N-methyl/N-ethyl adjacent to an activating group) is 1. The Balaban J connectivity index is 1.67. The predicted octanol–water partition coefficient (Wildman–Crippen LogP) is 3.17. The summed E-state index contributed by atoms with van der Waals surface area (Å²) < 4.78 is 5.58. The van der Waals surface area contributed by atoms with Crippen LogP contribution >= 0.6 is 0 Å². The first-order chi connectivity index (χ1) is 16.3. The second-order valence-electron chi connectivity index (χ2n) is 8.77. The molecule has 1 aliphatic rings. The molecule has 0 spiro atoms. The van der Waals surface area contributed by atoms with Gasteiger partial charge >= 0.3 is 12.1 Å². The Morgan fingerprint density at radius 3 is 2.12 bits per heavy atom. The maximum Gasteiger partial charge on any atom is 0.407 e. The van der Waals surface area contributed by atoms with E-state index in [9.17, 15) is 19.5 Å². The number of carboxylic acids is 1. The van der Waals surface area contributed by atoms with Crippen molar-refractivity contribution < 1.29 is 24.2 Å². The summed E-state index contributed by atoms with van der Waals surface area (Å²) in [4.78, 5) is 40.2. The van der Waals surface area contributed by atoms with Crippen LogP contribution in [0.1, 0.15) is 36.8 Å². The molecule has 8 nitrogen and oxygen atoms in total. The number of hydrogen-bond donors (Lipinski definition) is 2. The molecule has 0 saturated heterocycles. The van der Waals surface area contributed by atoms with E-state index in [2.05, 4.69) is 17.4 Å². The average Bonchev–Trinajstić information content (AvgIpc) is 3.13. The van der Waals surface area contributed by atoms with E-state index in [1.807, 2.05) is 62.3 Å². The van der Waals surface area contributed by atoms with E-state index >= 15 is 0 Å². The van der Waals surface area contributed by atoms with Gasteiger partial charge in [-0.3, -0.25) is 9.59 Å². The van der Waals surface area contributed by atoms with Gasteiger partial charge in [0, 0.05) is 19.0 Å². The molecule has 0 radical (unpaired) electrons. The van der Waals surface area contributed by atoms with Gasteiger partial charge in [-0.25, -0.2) is 4.79 Å². The molecule has 2 aromatic carbocycles. The summed E-state index contributed by atoms with van der Waals surface area (Å²) in [6, 6.07) is 15.3. The number of fused-ring (bicyclic) bond motifs is 3. The molecule has 0 saturated carbocycles. The lowest BCUT2D eigenvalue weighted by atomic mass is 9.98. The summed E-state index contributed by atoms with van der Waals surface area (Å²) in [5.41, 5.74) is 4.48. The quantitative estimate of drug-likeness (QED) is 0.527. The summed E-state index contributed by atoms with van der Waals surface area (Å²) >= 11 is 0. The number of aliphatic carboxylic acids is 1. The summed E-state index contributed by atoms with van der Waals surface area (Å²) in [7, 11) is 3.70. The highest BCUT2D eigenvalue weighted by atomic mass is 16.5. The predicted molar refractivity (Wildman–Crippen MR) is 130 cm³/mol. The Bertz CT molecular complexity index is 978. The third-order valence-electron chi connectivity index (χ3n) is 5.97. The molecule has 0 fully saturated rings. The fourth-order valence-corrected chi connectivity index (χ4v) is 4.30. The van der Waals surface area contributed by atoms with E-state index < -0.39 is 30.6 Å². The Morgan fingerprint density at radius 2 is 1.59 bits per heavy atom. The van der Waals surface area contributed by atoms with Crippen molar-refractivity contribution in [3.63, 3.8) is 0 Å². The SMILES string of the molecule is CCCC(NC(=O)OCC1c2ccccc2-c2ccccc21)C(=O)N(CCN(C)C)CC(=O)O. The molecule has 8 heteroatoms. The van der Waals surface area contributed by atoms with E-state index in [0.717, 1.165) is 22.3 Å². The summed E-state index contributed by atoms with van der Waals surface area (Å²) in [5, 5.41) is 11.9. The van der Waals surface area contributed by atoms with E-state index in [0.29, 0.717) is 19.4 Å². The standard InChI is InChI=1S/C26H33N3O5/c1-4-9-23(25(32)29(16-24(30)31)15-14-28(2)3)27-26(33)34-17-22-20-12-7-5-10-18(20)19-11-6-8-13-21(19)22/h5-8,10-13,22-23H,4,9,14-17H2,1-3H3,(H,27,33)(H,30,31). The second kappa shape index (κ2) is 11.7. The monoisotopic (exact) mass is 467 g/mol. The number of alkyl carbamates (subject to hydrolysis) is 1. The van der Waals surface area contributed by atoms with Gasteiger partial charge in [-0.1, -0.05) is 61.9 Å². The van der Waals surface area contributed by atoms with Crippen LogP contribution in [0.4, 0.5) is 4.79 Å². The summed E-state index contributed by atoms with van der Waals surface area (Å²) in [6.07, 6.45) is 0.354. The molecule has 0 heterocycles. The van der Waals surface area contributed by atoms with Crippen LogP contribution in [0.15, 0.2) is 48.5 Å². The van der Waals surface area contributed by atoms with Crippen molar-refractivity contribution in [3.05, 3.63) is 59.7 Å². The zero-order valence-electron chi connectivity index (χ0n) is 20.0. The Morgan fingerprint density at radius 1 is 1.00 bits per heavy atom. The minimum Gasteiger partial charge on any atom is -0.480 e. The number of carbonyl (C=O) groups is 3. The maximum absolute atomic E-state index is 13.1. The Kier molecular flexibility index (Phi) is 8.65. The molecular formula is C26H33N3O5. The molecule has 2 aromatic rings. The van der Waals surface area contributed by atoms with Crippen LogP contribution in [-0.4, -0.2) is 79.3 Å². The zero-order valence-corrected chi connectivity index (χ0v) is 20.0. The molecule has 1 atom stereocenters. The largest absolute Gasteiger partial charge is 0.480 e. The van der Waals surface area contributed by atoms with Crippen molar-refractivity contribution in [3.8, 4) is 11.1 Å². The number of benzene rings is 2. The number of nitrogens with zero attached hydrogens (tertiary/aromatic N) is 2. The Labute approximate surface area is 200 Å². The van der Waals surface area contributed by atoms with Crippen molar-refractivity contribution in [1.29, 1.82) is 0 Å². The van der Waals surface area contributed by atoms with Crippen molar-refractivity contribution in [2.75, 3.05) is 40.3 Å². The zero-order chi connectivity index (χ0) is 24.7. The van der Waals surface area contributed by atoms with E-state index in [1.165, 1.54) is 4.90 Å². The van der Waals surface area contributed by atoms with Gasteiger partial charge in [0.15, 0.2) is 0 Å². The fraction of sp³-hybridized carbons (Fsp3) is 0.423. The molecule has 3 rings (SSSR count). The minimum atomic E-state index is -1.09. The molecule has 34 heavy (non-hydrogen) atoms. The molecule has 2 amide bonds. The van der Waals surface area contributed by atoms with Crippen molar-refractivity contribution in [2.45, 2.75) is 31.7 Å². The number of ether oxygens (including phenoxy) is 1. The second-order valence-corrected chi connectivity index (χ2v) is 8.77. The van der Waals surface area contributed by atoms with Gasteiger partial charge in [-0.2, -0.15) is 0 Å². The lowest BCUT2D eigenvalue weighted by molar-refractivity contribution is -0.145. The van der Waals surface area contributed by atoms with Crippen LogP contribution in [0.3, 0.4) is 0 Å². The van der Waals surface area contributed by atoms with Gasteiger partial charge < -0.3 is 25.0 Å². The Hall–Kier alpha value is -3.39. The molecule has 1 unspecified atom stereocenters. The maximum atomic E-state index is 13.1. The summed E-state index contributed by atoms with van der Waals surface area (Å²) in [5.74, 6) is -1.59. The van der Waals surface area contributed by atoms with Gasteiger partial charge in [-0.15, -0.1) is 0 Å². The fourth-order valence-electron chi connectivity index (χ4n) is 4.30. The number of hydrogen-bond acceptors (Lipinski definition) is 5. The van der Waals surface area contributed by atoms with E-state index in [-0.39, 0.29) is 19.1 Å². The molecule has 1 aliphatic carbocycles. The average molecular weight is 468 g/mol. The van der Waals surface area contributed by atoms with Gasteiger partial charge in [0.05, 0.1) is 0 Å². The van der Waals surface area contributed by atoms with E-state index in [1.54, 1.807) is 0 Å². The van der Waals surface area contributed by atoms with Gasteiger partial charge in [-0.05, 0) is 42.8 Å². The van der Waals surface area contributed by atoms with Gasteiger partial charge in [0.25, 0.3) is 0 Å². The van der Waals surface area contributed by atoms with Crippen LogP contribution in [0.5, 0.6) is 0 Å². The normalized spacial score (nSPS) is 13.2. The number of amides is 2. The third kappa shape index (κ3) is 6.14. The highest BCUT2D eigenvalue weighted by Gasteiger charge is 2.31. The molecule has 2 N–H and O–H groups in total. The number of nitrogens with one attached hydrogen (secondary N) is 1. The first-order valence-electron chi connectivity index (χ1n) is 11.6. The first-order valence-corrected chi connectivity index (χ1v) is 11.6. The van der Waals surface area contributed by atoms with Gasteiger partial charge in [0.1, 0.15) is 19.2 Å². The van der Waals surface area contributed by atoms with Crippen LogP contribution in [0, 0.1) is 0 Å². The molecule has 0 aromatic heterocycles. The number of carboxylic acid groups (broad SMARTS) is 1. The highest BCUT2D eigenvalue weighted by molar-refractivity contribution is 5.88. The van der Waals surface area contributed by atoms with Crippen molar-refractivity contribution >= 4 is 18.0 Å². The number of rotatable bonds is 11. The molecule has 0 aliphatic heterocycles. The van der Waals surface area contributed by atoms with Crippen LogP contribution in [0.25, 0.3) is 11.1 Å². The van der Waals surface area contributed by atoms with E-state index in [4.69, 9.17) is 4.74 Å². The smallest absolute Gasteiger partial charge is 0.407 e. The van der Waals surface area contributed by atoms with Crippen molar-refractivity contribution in [1.82, 2.24) is 15.1 Å². The highest BCUT2D eigenvalue weighted by Crippen LogP contribution is 2.44. The first kappa shape index (κ1) is 25.2. The van der Waals surface area contributed by atoms with Crippen LogP contribution in [0.2, 0.25) is 0 Å². The number of carbonyl (C=O) groups excluding carboxylic acids is 2. The summed E-state index contributed by atoms with van der Waals surface area (Å²) in [6.45, 7) is 2.40. The van der Waals surface area contributed by atoms with Crippen LogP contribution < -0.4 is 5.32 Å². The topological polar surface area (TPSA) is 99.2 Å². The lowest BCUT2D eigenvalue weighted by Gasteiger charge is -2.27. The molecule has 182 valence electrons. The molecular weight excluding hydrogens is 434 g/mol. The van der Waals surface area contributed by atoms with Gasteiger partial charge in [0.2, 0.25) is 5.91 Å².